The van der Waals surface area contributed by atoms with Crippen molar-refractivity contribution in [3.63, 3.8) is 0 Å². The third-order valence-electron chi connectivity index (χ3n) is 2.93. The predicted octanol–water partition coefficient (Wildman–Crippen LogP) is 2.34. The molecular formula is C14H22FN3OS. The molecule has 0 heterocycles. The molecule has 6 heteroatoms. The fraction of sp³-hybridized carbons (Fsp3) is 0.500. The Morgan fingerprint density at radius 3 is 2.65 bits per heavy atom. The van der Waals surface area contributed by atoms with E-state index in [4.69, 9.17) is 5.11 Å². The van der Waals surface area contributed by atoms with Crippen LogP contribution in [0.25, 0.3) is 0 Å². The van der Waals surface area contributed by atoms with E-state index in [1.807, 2.05) is 0 Å². The summed E-state index contributed by atoms with van der Waals surface area (Å²) in [5.74, 6) is -0.283. The molecule has 0 saturated carbocycles. The SMILES string of the molecule is CN=C(NCc1ccc(O)c(F)c1)NCC(C)(C)SC. The molecule has 0 bridgehead atoms. The van der Waals surface area contributed by atoms with Crippen molar-refractivity contribution in [3.8, 4) is 5.75 Å². The van der Waals surface area contributed by atoms with E-state index in [0.717, 1.165) is 12.1 Å². The molecule has 4 nitrogen and oxygen atoms in total. The van der Waals surface area contributed by atoms with E-state index in [-0.39, 0.29) is 10.5 Å². The number of phenols is 1. The largest absolute Gasteiger partial charge is 0.505 e. The summed E-state index contributed by atoms with van der Waals surface area (Å²) in [6, 6.07) is 4.32. The van der Waals surface area contributed by atoms with Crippen LogP contribution in [0.15, 0.2) is 23.2 Å². The van der Waals surface area contributed by atoms with Crippen LogP contribution in [-0.4, -0.2) is 35.7 Å². The topological polar surface area (TPSA) is 56.7 Å². The molecule has 0 atom stereocenters. The van der Waals surface area contributed by atoms with Gasteiger partial charge in [0, 0.05) is 24.9 Å². The normalized spacial score (nSPS) is 12.3. The number of rotatable bonds is 5. The molecule has 0 fully saturated rings. The van der Waals surface area contributed by atoms with Gasteiger partial charge in [0.2, 0.25) is 0 Å². The lowest BCUT2D eigenvalue weighted by atomic mass is 10.2. The lowest BCUT2D eigenvalue weighted by molar-refractivity contribution is 0.431. The lowest BCUT2D eigenvalue weighted by Gasteiger charge is -2.23. The molecule has 112 valence electrons. The predicted molar refractivity (Wildman–Crippen MR) is 83.9 cm³/mol. The molecule has 1 rings (SSSR count). The van der Waals surface area contributed by atoms with Gasteiger partial charge < -0.3 is 15.7 Å². The molecule has 0 saturated heterocycles. The van der Waals surface area contributed by atoms with Gasteiger partial charge >= 0.3 is 0 Å². The quantitative estimate of drug-likeness (QED) is 0.577. The van der Waals surface area contributed by atoms with Gasteiger partial charge in [0.1, 0.15) is 0 Å². The minimum atomic E-state index is -0.615. The molecule has 0 spiro atoms. The Balaban J connectivity index is 2.51. The van der Waals surface area contributed by atoms with Gasteiger partial charge in [-0.15, -0.1) is 0 Å². The molecule has 3 N–H and O–H groups in total. The molecule has 1 aromatic rings. The maximum absolute atomic E-state index is 13.2. The molecule has 0 aliphatic carbocycles. The first-order valence-electron chi connectivity index (χ1n) is 6.35. The van der Waals surface area contributed by atoms with Gasteiger partial charge in [0.05, 0.1) is 0 Å². The van der Waals surface area contributed by atoms with E-state index < -0.39 is 5.82 Å². The second kappa shape index (κ2) is 7.38. The Morgan fingerprint density at radius 2 is 2.10 bits per heavy atom. The monoisotopic (exact) mass is 299 g/mol. The molecule has 0 amide bonds. The molecule has 0 aliphatic heterocycles. The van der Waals surface area contributed by atoms with Crippen molar-refractivity contribution in [3.05, 3.63) is 29.6 Å². The van der Waals surface area contributed by atoms with Gasteiger partial charge in [0.15, 0.2) is 17.5 Å². The highest BCUT2D eigenvalue weighted by Gasteiger charge is 2.16. The van der Waals surface area contributed by atoms with Crippen LogP contribution in [0, 0.1) is 5.82 Å². The van der Waals surface area contributed by atoms with Gasteiger partial charge in [-0.25, -0.2) is 4.39 Å². The number of benzene rings is 1. The minimum absolute atomic E-state index is 0.113. The van der Waals surface area contributed by atoms with Crippen molar-refractivity contribution in [1.29, 1.82) is 0 Å². The zero-order valence-electron chi connectivity index (χ0n) is 12.3. The Hall–Kier alpha value is -1.43. The number of guanidine groups is 1. The van der Waals surface area contributed by atoms with E-state index in [1.165, 1.54) is 12.1 Å². The summed E-state index contributed by atoms with van der Waals surface area (Å²) in [7, 11) is 1.69. The van der Waals surface area contributed by atoms with Gasteiger partial charge in [-0.05, 0) is 37.8 Å². The van der Waals surface area contributed by atoms with Crippen LogP contribution in [0.3, 0.4) is 0 Å². The second-order valence-corrected chi connectivity index (χ2v) is 6.54. The van der Waals surface area contributed by atoms with E-state index in [9.17, 15) is 4.39 Å². The molecule has 0 aliphatic rings. The number of aromatic hydroxyl groups is 1. The smallest absolute Gasteiger partial charge is 0.191 e. The van der Waals surface area contributed by atoms with Crippen LogP contribution in [-0.2, 0) is 6.54 Å². The third kappa shape index (κ3) is 5.28. The van der Waals surface area contributed by atoms with Crippen LogP contribution in [0.2, 0.25) is 0 Å². The van der Waals surface area contributed by atoms with Gasteiger partial charge in [-0.2, -0.15) is 11.8 Å². The average Bonchev–Trinajstić information content (AvgIpc) is 2.42. The van der Waals surface area contributed by atoms with Gasteiger partial charge in [0.25, 0.3) is 0 Å². The van der Waals surface area contributed by atoms with Crippen LogP contribution in [0.4, 0.5) is 4.39 Å². The van der Waals surface area contributed by atoms with Crippen molar-refractivity contribution in [2.45, 2.75) is 25.1 Å². The van der Waals surface area contributed by atoms with E-state index in [2.05, 4.69) is 35.7 Å². The summed E-state index contributed by atoms with van der Waals surface area (Å²) in [5, 5.41) is 15.5. The van der Waals surface area contributed by atoms with E-state index in [0.29, 0.717) is 12.5 Å². The van der Waals surface area contributed by atoms with Crippen LogP contribution in [0.1, 0.15) is 19.4 Å². The third-order valence-corrected chi connectivity index (χ3v) is 4.18. The number of phenolic OH excluding ortho intramolecular Hbond substituents is 1. The van der Waals surface area contributed by atoms with Crippen molar-refractivity contribution < 1.29 is 9.50 Å². The summed E-state index contributed by atoms with van der Waals surface area (Å²) in [4.78, 5) is 4.12. The number of aliphatic imine (C=N–C) groups is 1. The highest BCUT2D eigenvalue weighted by molar-refractivity contribution is 7.99. The fourth-order valence-electron chi connectivity index (χ4n) is 1.44. The number of halogens is 1. The average molecular weight is 299 g/mol. The maximum Gasteiger partial charge on any atom is 0.191 e. The maximum atomic E-state index is 13.2. The molecule has 20 heavy (non-hydrogen) atoms. The van der Waals surface area contributed by atoms with Gasteiger partial charge in [-0.1, -0.05) is 6.07 Å². The minimum Gasteiger partial charge on any atom is -0.505 e. The standard InChI is InChI=1S/C14H22FN3OS/c1-14(2,20-4)9-18-13(16-3)17-8-10-5-6-12(19)11(15)7-10/h5-7,19H,8-9H2,1-4H3,(H2,16,17,18). The Bertz CT molecular complexity index is 477. The molecule has 1 aromatic carbocycles. The summed E-state index contributed by atoms with van der Waals surface area (Å²) in [6.07, 6.45) is 2.07. The first-order valence-corrected chi connectivity index (χ1v) is 7.57. The van der Waals surface area contributed by atoms with Crippen molar-refractivity contribution in [2.75, 3.05) is 19.8 Å². The Kier molecular flexibility index (Phi) is 6.13. The Morgan fingerprint density at radius 1 is 1.40 bits per heavy atom. The Labute approximate surface area is 123 Å². The van der Waals surface area contributed by atoms with Crippen molar-refractivity contribution >= 4 is 17.7 Å². The van der Waals surface area contributed by atoms with Gasteiger partial charge in [-0.3, -0.25) is 4.99 Å². The van der Waals surface area contributed by atoms with Crippen LogP contribution in [0.5, 0.6) is 5.75 Å². The highest BCUT2D eigenvalue weighted by atomic mass is 32.2. The lowest BCUT2D eigenvalue weighted by Crippen LogP contribution is -2.42. The number of nitrogens with zero attached hydrogens (tertiary/aromatic N) is 1. The highest BCUT2D eigenvalue weighted by Crippen LogP contribution is 2.19. The number of thioether (sulfide) groups is 1. The first kappa shape index (κ1) is 16.6. The van der Waals surface area contributed by atoms with Crippen molar-refractivity contribution in [1.82, 2.24) is 10.6 Å². The zero-order chi connectivity index (χ0) is 15.2. The molecule has 0 aromatic heterocycles. The summed E-state index contributed by atoms with van der Waals surface area (Å²) in [6.45, 7) is 5.51. The van der Waals surface area contributed by atoms with E-state index in [1.54, 1.807) is 24.9 Å². The molecular weight excluding hydrogens is 277 g/mol. The summed E-state index contributed by atoms with van der Waals surface area (Å²) < 4.78 is 13.3. The second-order valence-electron chi connectivity index (χ2n) is 5.03. The first-order chi connectivity index (χ1) is 9.38. The number of hydrogen-bond donors (Lipinski definition) is 3. The number of hydrogen-bond acceptors (Lipinski definition) is 3. The van der Waals surface area contributed by atoms with Crippen LogP contribution >= 0.6 is 11.8 Å². The number of nitrogens with one attached hydrogen (secondary N) is 2. The summed E-state index contributed by atoms with van der Waals surface area (Å²) in [5.41, 5.74) is 0.743. The molecule has 0 unspecified atom stereocenters. The molecule has 0 radical (unpaired) electrons. The zero-order valence-corrected chi connectivity index (χ0v) is 13.1. The fourth-order valence-corrected chi connectivity index (χ4v) is 1.65. The van der Waals surface area contributed by atoms with E-state index >= 15 is 0 Å². The summed E-state index contributed by atoms with van der Waals surface area (Å²) >= 11 is 1.77. The van der Waals surface area contributed by atoms with Crippen LogP contribution < -0.4 is 10.6 Å². The van der Waals surface area contributed by atoms with Crippen molar-refractivity contribution in [2.24, 2.45) is 4.99 Å².